The molecule has 0 N–H and O–H groups in total. The maximum absolute atomic E-state index is 4.32. The maximum atomic E-state index is 4.32. The molecule has 0 aliphatic rings. The Balaban J connectivity index is 2.41. The second-order valence-electron chi connectivity index (χ2n) is 3.26. The Morgan fingerprint density at radius 1 is 1.54 bits per heavy atom. The summed E-state index contributed by atoms with van der Waals surface area (Å²) in [5, 5.41) is 0. The number of rotatable bonds is 4. The molecule has 0 saturated heterocycles. The molecule has 1 rings (SSSR count). The van der Waals surface area contributed by atoms with E-state index in [1.165, 1.54) is 6.42 Å². The molecule has 0 aromatic carbocycles. The van der Waals surface area contributed by atoms with E-state index in [1.54, 1.807) is 6.20 Å². The zero-order valence-corrected chi connectivity index (χ0v) is 8.27. The summed E-state index contributed by atoms with van der Waals surface area (Å²) in [6.07, 6.45) is 4.80. The molecule has 0 bridgehead atoms. The topological polar surface area (TPSA) is 25.2 Å². The first kappa shape index (κ1) is 9.90. The van der Waals surface area contributed by atoms with Crippen molar-refractivity contribution in [2.24, 2.45) is 10.9 Å². The first-order valence-electron chi connectivity index (χ1n) is 4.73. The van der Waals surface area contributed by atoms with Crippen LogP contribution in [0.1, 0.15) is 26.0 Å². The van der Waals surface area contributed by atoms with E-state index in [0.717, 1.165) is 12.2 Å². The molecule has 0 aliphatic heterocycles. The van der Waals surface area contributed by atoms with Crippen LogP contribution in [0.25, 0.3) is 0 Å². The van der Waals surface area contributed by atoms with Gasteiger partial charge >= 0.3 is 0 Å². The van der Waals surface area contributed by atoms with Crippen molar-refractivity contribution in [1.82, 2.24) is 4.98 Å². The van der Waals surface area contributed by atoms with E-state index in [0.29, 0.717) is 5.92 Å². The van der Waals surface area contributed by atoms with Gasteiger partial charge in [0.15, 0.2) is 0 Å². The predicted octanol–water partition coefficient (Wildman–Crippen LogP) is 2.55. The van der Waals surface area contributed by atoms with Crippen molar-refractivity contribution in [3.63, 3.8) is 0 Å². The van der Waals surface area contributed by atoms with Gasteiger partial charge in [0.05, 0.1) is 5.69 Å². The smallest absolute Gasteiger partial charge is 0.0807 e. The second-order valence-corrected chi connectivity index (χ2v) is 3.26. The van der Waals surface area contributed by atoms with E-state index in [2.05, 4.69) is 23.8 Å². The SMILES string of the molecule is CCC(C)C/N=C/c1ccccn1. The van der Waals surface area contributed by atoms with Gasteiger partial charge in [-0.1, -0.05) is 26.3 Å². The van der Waals surface area contributed by atoms with Crippen LogP contribution in [-0.4, -0.2) is 17.7 Å². The van der Waals surface area contributed by atoms with Gasteiger partial charge in [0, 0.05) is 19.0 Å². The lowest BCUT2D eigenvalue weighted by molar-refractivity contribution is 0.578. The van der Waals surface area contributed by atoms with E-state index in [1.807, 2.05) is 24.4 Å². The molecule has 70 valence electrons. The van der Waals surface area contributed by atoms with Gasteiger partial charge in [0.1, 0.15) is 0 Å². The number of pyridine rings is 1. The van der Waals surface area contributed by atoms with Gasteiger partial charge in [0.25, 0.3) is 0 Å². The maximum Gasteiger partial charge on any atom is 0.0807 e. The van der Waals surface area contributed by atoms with Gasteiger partial charge in [-0.05, 0) is 18.1 Å². The lowest BCUT2D eigenvalue weighted by Gasteiger charge is -2.01. The molecule has 0 amide bonds. The summed E-state index contributed by atoms with van der Waals surface area (Å²) in [6.45, 7) is 5.28. The largest absolute Gasteiger partial charge is 0.291 e. The highest BCUT2D eigenvalue weighted by molar-refractivity contribution is 5.76. The molecular formula is C11H16N2. The third-order valence-corrected chi connectivity index (χ3v) is 2.03. The van der Waals surface area contributed by atoms with Crippen LogP contribution in [0.15, 0.2) is 29.4 Å². The van der Waals surface area contributed by atoms with Crippen molar-refractivity contribution in [1.29, 1.82) is 0 Å². The van der Waals surface area contributed by atoms with Crippen molar-refractivity contribution in [3.05, 3.63) is 30.1 Å². The molecular weight excluding hydrogens is 160 g/mol. The normalized spacial score (nSPS) is 13.4. The Bertz CT molecular complexity index is 254. The summed E-state index contributed by atoms with van der Waals surface area (Å²) >= 11 is 0. The van der Waals surface area contributed by atoms with Crippen molar-refractivity contribution in [2.45, 2.75) is 20.3 Å². The molecule has 0 aliphatic carbocycles. The summed E-state index contributed by atoms with van der Waals surface area (Å²) in [5.74, 6) is 0.667. The third kappa shape index (κ3) is 3.83. The highest BCUT2D eigenvalue weighted by atomic mass is 14.7. The third-order valence-electron chi connectivity index (χ3n) is 2.03. The minimum atomic E-state index is 0.667. The zero-order chi connectivity index (χ0) is 9.52. The van der Waals surface area contributed by atoms with E-state index in [4.69, 9.17) is 0 Å². The number of hydrogen-bond acceptors (Lipinski definition) is 2. The number of aromatic nitrogens is 1. The fourth-order valence-corrected chi connectivity index (χ4v) is 0.908. The summed E-state index contributed by atoms with van der Waals surface area (Å²) in [4.78, 5) is 8.48. The van der Waals surface area contributed by atoms with Crippen molar-refractivity contribution in [3.8, 4) is 0 Å². The standard InChI is InChI=1S/C11H16N2/c1-3-10(2)8-12-9-11-6-4-5-7-13-11/h4-7,9-10H,3,8H2,1-2H3/b12-9+. The van der Waals surface area contributed by atoms with E-state index >= 15 is 0 Å². The number of nitrogens with zero attached hydrogens (tertiary/aromatic N) is 2. The van der Waals surface area contributed by atoms with Gasteiger partial charge in [-0.3, -0.25) is 9.98 Å². The fraction of sp³-hybridized carbons (Fsp3) is 0.455. The van der Waals surface area contributed by atoms with Crippen LogP contribution in [0.3, 0.4) is 0 Å². The molecule has 0 radical (unpaired) electrons. The summed E-state index contributed by atoms with van der Waals surface area (Å²) in [5.41, 5.74) is 0.936. The van der Waals surface area contributed by atoms with E-state index in [-0.39, 0.29) is 0 Å². The van der Waals surface area contributed by atoms with E-state index in [9.17, 15) is 0 Å². The molecule has 13 heavy (non-hydrogen) atoms. The summed E-state index contributed by atoms with van der Waals surface area (Å²) < 4.78 is 0. The number of hydrogen-bond donors (Lipinski definition) is 0. The molecule has 1 heterocycles. The van der Waals surface area contributed by atoms with E-state index < -0.39 is 0 Å². The van der Waals surface area contributed by atoms with Gasteiger partial charge in [-0.2, -0.15) is 0 Å². The fourth-order valence-electron chi connectivity index (χ4n) is 0.908. The van der Waals surface area contributed by atoms with Gasteiger partial charge < -0.3 is 0 Å². The first-order valence-corrected chi connectivity index (χ1v) is 4.73. The monoisotopic (exact) mass is 176 g/mol. The van der Waals surface area contributed by atoms with Crippen molar-refractivity contribution >= 4 is 6.21 Å². The van der Waals surface area contributed by atoms with Crippen LogP contribution in [-0.2, 0) is 0 Å². The van der Waals surface area contributed by atoms with Crippen LogP contribution in [0, 0.1) is 5.92 Å². The van der Waals surface area contributed by atoms with Crippen LogP contribution < -0.4 is 0 Å². The molecule has 1 unspecified atom stereocenters. The number of aliphatic imine (C=N–C) groups is 1. The Kier molecular flexibility index (Phi) is 4.16. The molecule has 2 nitrogen and oxygen atoms in total. The highest BCUT2D eigenvalue weighted by Gasteiger charge is 1.94. The van der Waals surface area contributed by atoms with Crippen molar-refractivity contribution in [2.75, 3.05) is 6.54 Å². The molecule has 2 heteroatoms. The summed E-state index contributed by atoms with van der Waals surface area (Å²) in [7, 11) is 0. The summed E-state index contributed by atoms with van der Waals surface area (Å²) in [6, 6.07) is 5.84. The quantitative estimate of drug-likeness (QED) is 0.647. The minimum Gasteiger partial charge on any atom is -0.291 e. The van der Waals surface area contributed by atoms with Crippen LogP contribution in [0.5, 0.6) is 0 Å². The molecule has 0 fully saturated rings. The molecule has 0 saturated carbocycles. The zero-order valence-electron chi connectivity index (χ0n) is 8.27. The average Bonchev–Trinajstić information content (AvgIpc) is 2.19. The first-order chi connectivity index (χ1) is 6.33. The Morgan fingerprint density at radius 3 is 3.00 bits per heavy atom. The van der Waals surface area contributed by atoms with Gasteiger partial charge in [0.2, 0.25) is 0 Å². The molecule has 1 atom stereocenters. The Hall–Kier alpha value is -1.18. The van der Waals surface area contributed by atoms with Gasteiger partial charge in [-0.25, -0.2) is 0 Å². The molecule has 0 spiro atoms. The van der Waals surface area contributed by atoms with Crippen LogP contribution >= 0.6 is 0 Å². The highest BCUT2D eigenvalue weighted by Crippen LogP contribution is 2.00. The Labute approximate surface area is 79.7 Å². The minimum absolute atomic E-state index is 0.667. The Morgan fingerprint density at radius 2 is 2.38 bits per heavy atom. The molecule has 1 aromatic heterocycles. The van der Waals surface area contributed by atoms with Crippen LogP contribution in [0.2, 0.25) is 0 Å². The van der Waals surface area contributed by atoms with Gasteiger partial charge in [-0.15, -0.1) is 0 Å². The molecule has 1 aromatic rings. The van der Waals surface area contributed by atoms with Crippen molar-refractivity contribution < 1.29 is 0 Å². The van der Waals surface area contributed by atoms with Crippen LogP contribution in [0.4, 0.5) is 0 Å². The lowest BCUT2D eigenvalue weighted by atomic mass is 10.1. The lowest BCUT2D eigenvalue weighted by Crippen LogP contribution is -1.97. The predicted molar refractivity (Wildman–Crippen MR) is 56.2 cm³/mol. The average molecular weight is 176 g/mol. The second kappa shape index (κ2) is 5.46.